The maximum atomic E-state index is 11.8. The molecular formula is C17H28N2O7S. The number of aliphatic hydroxyl groups is 2. The standard InChI is InChI=1S/C17H28N2O7S/c1-10(21)13(11(2)22)16(26)27-8-7-18-12(23)5-6-19-15(25)14(24)17(3,4)9-20/h13-14,20,24H,5-9H2,1-4H3,(H,18,23)(H,19,25). The lowest BCUT2D eigenvalue weighted by atomic mass is 9.87. The Morgan fingerprint density at radius 1 is 1.00 bits per heavy atom. The van der Waals surface area contributed by atoms with Gasteiger partial charge in [0, 0.05) is 30.7 Å². The van der Waals surface area contributed by atoms with Crippen molar-refractivity contribution in [1.29, 1.82) is 0 Å². The van der Waals surface area contributed by atoms with Gasteiger partial charge < -0.3 is 20.8 Å². The van der Waals surface area contributed by atoms with Crippen molar-refractivity contribution in [2.75, 3.05) is 25.4 Å². The Balaban J connectivity index is 4.09. The maximum Gasteiger partial charge on any atom is 0.249 e. The summed E-state index contributed by atoms with van der Waals surface area (Å²) in [5, 5.41) is 23.3. The van der Waals surface area contributed by atoms with E-state index in [1.807, 2.05) is 0 Å². The van der Waals surface area contributed by atoms with Gasteiger partial charge in [-0.25, -0.2) is 0 Å². The first kappa shape index (κ1) is 25.2. The topological polar surface area (TPSA) is 150 Å². The second-order valence-electron chi connectivity index (χ2n) is 6.76. The average Bonchev–Trinajstić information content (AvgIpc) is 2.57. The Morgan fingerprint density at radius 2 is 1.56 bits per heavy atom. The molecule has 4 N–H and O–H groups in total. The second kappa shape index (κ2) is 11.8. The molecule has 154 valence electrons. The molecule has 0 fully saturated rings. The quantitative estimate of drug-likeness (QED) is 0.240. The van der Waals surface area contributed by atoms with Crippen molar-refractivity contribution in [1.82, 2.24) is 10.6 Å². The molecule has 0 spiro atoms. The van der Waals surface area contributed by atoms with Crippen LogP contribution < -0.4 is 10.6 Å². The second-order valence-corrected chi connectivity index (χ2v) is 7.86. The van der Waals surface area contributed by atoms with Gasteiger partial charge in [-0.15, -0.1) is 0 Å². The molecule has 0 saturated carbocycles. The molecule has 0 rings (SSSR count). The summed E-state index contributed by atoms with van der Waals surface area (Å²) in [6.07, 6.45) is -1.43. The summed E-state index contributed by atoms with van der Waals surface area (Å²) < 4.78 is 0. The number of carbonyl (C=O) groups excluding carboxylic acids is 5. The Morgan fingerprint density at radius 3 is 2.04 bits per heavy atom. The van der Waals surface area contributed by atoms with Gasteiger partial charge in [0.05, 0.1) is 6.61 Å². The van der Waals surface area contributed by atoms with Crippen LogP contribution in [0.25, 0.3) is 0 Å². The molecule has 27 heavy (non-hydrogen) atoms. The van der Waals surface area contributed by atoms with Gasteiger partial charge in [-0.2, -0.15) is 0 Å². The lowest BCUT2D eigenvalue weighted by molar-refractivity contribution is -0.137. The Labute approximate surface area is 162 Å². The minimum Gasteiger partial charge on any atom is -0.396 e. The summed E-state index contributed by atoms with van der Waals surface area (Å²) in [5.41, 5.74) is -0.992. The lowest BCUT2D eigenvalue weighted by Crippen LogP contribution is -2.46. The van der Waals surface area contributed by atoms with E-state index in [1.165, 1.54) is 27.7 Å². The molecule has 0 heterocycles. The molecular weight excluding hydrogens is 376 g/mol. The van der Waals surface area contributed by atoms with Crippen LogP contribution in [0.2, 0.25) is 0 Å². The normalized spacial score (nSPS) is 12.4. The fourth-order valence-electron chi connectivity index (χ4n) is 1.97. The summed E-state index contributed by atoms with van der Waals surface area (Å²) in [4.78, 5) is 57.8. The largest absolute Gasteiger partial charge is 0.396 e. The third-order valence-corrected chi connectivity index (χ3v) is 4.69. The molecule has 0 radical (unpaired) electrons. The molecule has 0 aromatic carbocycles. The monoisotopic (exact) mass is 404 g/mol. The minimum atomic E-state index is -1.40. The molecule has 9 nitrogen and oxygen atoms in total. The van der Waals surface area contributed by atoms with E-state index in [0.717, 1.165) is 11.8 Å². The van der Waals surface area contributed by atoms with Crippen molar-refractivity contribution in [3.05, 3.63) is 0 Å². The van der Waals surface area contributed by atoms with Crippen LogP contribution in [0, 0.1) is 11.3 Å². The summed E-state index contributed by atoms with van der Waals surface area (Å²) in [6, 6.07) is 0. The van der Waals surface area contributed by atoms with Crippen LogP contribution in [0.5, 0.6) is 0 Å². The fourth-order valence-corrected chi connectivity index (χ4v) is 2.87. The van der Waals surface area contributed by atoms with Gasteiger partial charge in [0.1, 0.15) is 23.6 Å². The van der Waals surface area contributed by atoms with Crippen LogP contribution in [-0.4, -0.2) is 70.3 Å². The molecule has 0 aliphatic carbocycles. The molecule has 0 aliphatic heterocycles. The number of Topliss-reactive ketones (excluding diaryl/α,β-unsaturated/α-hetero) is 2. The van der Waals surface area contributed by atoms with E-state index in [9.17, 15) is 29.1 Å². The Hall–Kier alpha value is -1.78. The predicted octanol–water partition coefficient (Wildman–Crippen LogP) is -0.958. The zero-order chi connectivity index (χ0) is 21.2. The van der Waals surface area contributed by atoms with E-state index in [1.54, 1.807) is 0 Å². The van der Waals surface area contributed by atoms with Gasteiger partial charge in [-0.05, 0) is 13.8 Å². The molecule has 10 heteroatoms. The van der Waals surface area contributed by atoms with E-state index in [-0.39, 0.29) is 37.8 Å². The number of carbonyl (C=O) groups is 5. The van der Waals surface area contributed by atoms with Crippen molar-refractivity contribution in [3.63, 3.8) is 0 Å². The van der Waals surface area contributed by atoms with Crippen molar-refractivity contribution in [2.24, 2.45) is 11.3 Å². The van der Waals surface area contributed by atoms with Crippen LogP contribution in [-0.2, 0) is 24.0 Å². The summed E-state index contributed by atoms with van der Waals surface area (Å²) in [6.45, 7) is 5.22. The van der Waals surface area contributed by atoms with Crippen LogP contribution in [0.3, 0.4) is 0 Å². The minimum absolute atomic E-state index is 0.00601. The Kier molecular flexibility index (Phi) is 11.1. The number of ketones is 2. The van der Waals surface area contributed by atoms with E-state index >= 15 is 0 Å². The van der Waals surface area contributed by atoms with Gasteiger partial charge in [-0.3, -0.25) is 24.0 Å². The van der Waals surface area contributed by atoms with Crippen LogP contribution in [0.15, 0.2) is 0 Å². The van der Waals surface area contributed by atoms with Gasteiger partial charge >= 0.3 is 0 Å². The highest BCUT2D eigenvalue weighted by atomic mass is 32.2. The SMILES string of the molecule is CC(=O)C(C(C)=O)C(=O)SCCNC(=O)CCNC(=O)C(O)C(C)(C)CO. The van der Waals surface area contributed by atoms with E-state index in [4.69, 9.17) is 5.11 Å². The smallest absolute Gasteiger partial charge is 0.249 e. The number of amides is 2. The molecule has 0 aromatic heterocycles. The predicted molar refractivity (Wildman–Crippen MR) is 99.8 cm³/mol. The van der Waals surface area contributed by atoms with Gasteiger partial charge in [-0.1, -0.05) is 25.6 Å². The highest BCUT2D eigenvalue weighted by molar-refractivity contribution is 8.13. The third kappa shape index (κ3) is 9.12. The highest BCUT2D eigenvalue weighted by Gasteiger charge is 2.32. The van der Waals surface area contributed by atoms with Crippen molar-refractivity contribution in [3.8, 4) is 0 Å². The number of aliphatic hydroxyl groups excluding tert-OH is 2. The summed E-state index contributed by atoms with van der Waals surface area (Å²) in [5.74, 6) is -3.12. The van der Waals surface area contributed by atoms with Gasteiger partial charge in [0.2, 0.25) is 16.9 Å². The van der Waals surface area contributed by atoms with E-state index in [0.29, 0.717) is 0 Å². The van der Waals surface area contributed by atoms with Crippen LogP contribution >= 0.6 is 11.8 Å². The summed E-state index contributed by atoms with van der Waals surface area (Å²) in [7, 11) is 0. The third-order valence-electron chi connectivity index (χ3n) is 3.76. The van der Waals surface area contributed by atoms with Gasteiger partial charge in [0.15, 0.2) is 0 Å². The first-order valence-electron chi connectivity index (χ1n) is 8.45. The number of hydrogen-bond donors (Lipinski definition) is 4. The first-order valence-corrected chi connectivity index (χ1v) is 9.43. The average molecular weight is 404 g/mol. The molecule has 0 bridgehead atoms. The zero-order valence-electron chi connectivity index (χ0n) is 16.0. The van der Waals surface area contributed by atoms with Crippen LogP contribution in [0.1, 0.15) is 34.1 Å². The zero-order valence-corrected chi connectivity index (χ0v) is 16.9. The molecule has 2 amide bonds. The fraction of sp³-hybridized carbons (Fsp3) is 0.706. The molecule has 0 aromatic rings. The van der Waals surface area contributed by atoms with Crippen molar-refractivity contribution in [2.45, 2.75) is 40.2 Å². The van der Waals surface area contributed by atoms with E-state index < -0.39 is 40.0 Å². The maximum absolute atomic E-state index is 11.8. The van der Waals surface area contributed by atoms with Gasteiger partial charge in [0.25, 0.3) is 0 Å². The van der Waals surface area contributed by atoms with E-state index in [2.05, 4.69) is 10.6 Å². The number of rotatable bonds is 12. The van der Waals surface area contributed by atoms with Crippen molar-refractivity contribution < 1.29 is 34.2 Å². The number of thioether (sulfide) groups is 1. The molecule has 1 unspecified atom stereocenters. The lowest BCUT2D eigenvalue weighted by Gasteiger charge is -2.27. The number of nitrogens with one attached hydrogen (secondary N) is 2. The Bertz CT molecular complexity index is 564. The summed E-state index contributed by atoms with van der Waals surface area (Å²) >= 11 is 0.799. The van der Waals surface area contributed by atoms with Crippen molar-refractivity contribution >= 4 is 40.3 Å². The molecule has 1 atom stereocenters. The number of hydrogen-bond acceptors (Lipinski definition) is 8. The molecule has 0 aliphatic rings. The molecule has 0 saturated heterocycles. The highest BCUT2D eigenvalue weighted by Crippen LogP contribution is 2.19. The first-order chi connectivity index (χ1) is 12.4. The van der Waals surface area contributed by atoms with Crippen LogP contribution in [0.4, 0.5) is 0 Å².